The smallest absolute Gasteiger partial charge is 0.234 e. The Morgan fingerprint density at radius 2 is 1.81 bits per heavy atom. The Morgan fingerprint density at radius 3 is 2.48 bits per heavy atom. The Kier molecular flexibility index (Phi) is 4.85. The third kappa shape index (κ3) is 3.75. The molecule has 5 heteroatoms. The molecule has 0 bridgehead atoms. The van der Waals surface area contributed by atoms with Gasteiger partial charge in [0.2, 0.25) is 5.43 Å². The van der Waals surface area contributed by atoms with E-state index in [4.69, 9.17) is 0 Å². The largest absolute Gasteiger partial charge is 0.504 e. The highest BCUT2D eigenvalue weighted by Crippen LogP contribution is 2.14. The van der Waals surface area contributed by atoms with Gasteiger partial charge in [0, 0.05) is 0 Å². The van der Waals surface area contributed by atoms with E-state index in [0.29, 0.717) is 9.13 Å². The zero-order valence-corrected chi connectivity index (χ0v) is 12.9. The molecular formula is C16H10FIO3. The molecule has 0 saturated carbocycles. The van der Waals surface area contributed by atoms with Crippen molar-refractivity contribution in [3.8, 4) is 5.75 Å². The van der Waals surface area contributed by atoms with E-state index in [-0.39, 0.29) is 11.4 Å². The minimum absolute atomic E-state index is 0.0683. The molecule has 0 atom stereocenters. The van der Waals surface area contributed by atoms with Crippen LogP contribution < -0.4 is 5.43 Å². The number of halogens is 2. The van der Waals surface area contributed by atoms with Gasteiger partial charge in [-0.15, -0.1) is 0 Å². The van der Waals surface area contributed by atoms with Crippen LogP contribution in [-0.2, 0) is 0 Å². The molecule has 0 aromatic heterocycles. The fraction of sp³-hybridized carbons (Fsp3) is 0. The molecule has 3 nitrogen and oxygen atoms in total. The number of carbonyl (C=O) groups excluding carboxylic acids is 1. The van der Waals surface area contributed by atoms with E-state index in [2.05, 4.69) is 0 Å². The maximum atomic E-state index is 12.8. The minimum atomic E-state index is -0.584. The van der Waals surface area contributed by atoms with Gasteiger partial charge in [0.1, 0.15) is 5.82 Å². The van der Waals surface area contributed by atoms with Gasteiger partial charge in [-0.05, 0) is 58.5 Å². The molecule has 2 aromatic rings. The van der Waals surface area contributed by atoms with Gasteiger partial charge in [-0.3, -0.25) is 9.59 Å². The molecule has 21 heavy (non-hydrogen) atoms. The molecule has 0 aliphatic rings. The number of carbonyl (C=O) groups is 1. The zero-order valence-electron chi connectivity index (χ0n) is 10.7. The summed E-state index contributed by atoms with van der Waals surface area (Å²) < 4.78 is 13.1. The Balaban J connectivity index is 2.34. The van der Waals surface area contributed by atoms with Gasteiger partial charge >= 0.3 is 0 Å². The Hall–Kier alpha value is -2.02. The van der Waals surface area contributed by atoms with Gasteiger partial charge in [0.05, 0.1) is 9.13 Å². The summed E-state index contributed by atoms with van der Waals surface area (Å²) in [6.45, 7) is 0. The van der Waals surface area contributed by atoms with Crippen molar-refractivity contribution >= 4 is 34.5 Å². The van der Waals surface area contributed by atoms with Gasteiger partial charge in [-0.25, -0.2) is 4.39 Å². The SMILES string of the molecule is O=C(C=Cc1ccc(F)cc1)c1cccc(I)c(=O)c1O. The second kappa shape index (κ2) is 6.62. The van der Waals surface area contributed by atoms with Gasteiger partial charge in [0.15, 0.2) is 11.5 Å². The number of rotatable bonds is 3. The summed E-state index contributed by atoms with van der Waals surface area (Å²) in [7, 11) is 0. The first-order valence-electron chi connectivity index (χ1n) is 5.99. The molecule has 2 rings (SSSR count). The van der Waals surface area contributed by atoms with Crippen molar-refractivity contribution in [2.75, 3.05) is 0 Å². The van der Waals surface area contributed by atoms with Crippen molar-refractivity contribution < 1.29 is 14.3 Å². The molecule has 2 aromatic carbocycles. The van der Waals surface area contributed by atoms with E-state index in [1.807, 2.05) is 0 Å². The van der Waals surface area contributed by atoms with Crippen molar-refractivity contribution in [3.05, 3.63) is 79.3 Å². The summed E-state index contributed by atoms with van der Waals surface area (Å²) in [5.74, 6) is -1.43. The van der Waals surface area contributed by atoms with Crippen molar-refractivity contribution in [2.45, 2.75) is 0 Å². The number of aromatic hydroxyl groups is 1. The lowest BCUT2D eigenvalue weighted by molar-refractivity contribution is 0.104. The maximum absolute atomic E-state index is 12.8. The first-order valence-corrected chi connectivity index (χ1v) is 7.06. The number of benzene rings is 1. The molecule has 1 N–H and O–H groups in total. The van der Waals surface area contributed by atoms with Crippen LogP contribution in [0.5, 0.6) is 5.75 Å². The predicted octanol–water partition coefficient (Wildman–Crippen LogP) is 3.39. The number of ketones is 1. The average Bonchev–Trinajstić information content (AvgIpc) is 2.60. The molecule has 0 radical (unpaired) electrons. The molecule has 0 spiro atoms. The highest BCUT2D eigenvalue weighted by atomic mass is 127. The molecule has 0 amide bonds. The third-order valence-corrected chi connectivity index (χ3v) is 3.60. The molecule has 0 aliphatic carbocycles. The van der Waals surface area contributed by atoms with E-state index < -0.39 is 17.0 Å². The normalized spacial score (nSPS) is 10.8. The molecule has 0 aliphatic heterocycles. The number of hydrogen-bond donors (Lipinski definition) is 1. The first-order chi connectivity index (χ1) is 9.99. The van der Waals surface area contributed by atoms with Crippen molar-refractivity contribution in [1.82, 2.24) is 0 Å². The van der Waals surface area contributed by atoms with Crippen LogP contribution in [0.4, 0.5) is 4.39 Å². The number of allylic oxidation sites excluding steroid dienone is 1. The van der Waals surface area contributed by atoms with Crippen LogP contribution in [0.25, 0.3) is 6.08 Å². The van der Waals surface area contributed by atoms with Crippen LogP contribution in [-0.4, -0.2) is 10.9 Å². The maximum Gasteiger partial charge on any atom is 0.234 e. The first kappa shape index (κ1) is 15.4. The summed E-state index contributed by atoms with van der Waals surface area (Å²) >= 11 is 1.79. The van der Waals surface area contributed by atoms with Crippen LogP contribution in [0, 0.1) is 9.39 Å². The average molecular weight is 396 g/mol. The van der Waals surface area contributed by atoms with Crippen LogP contribution in [0.15, 0.2) is 53.3 Å². The zero-order chi connectivity index (χ0) is 15.4. The lowest BCUT2D eigenvalue weighted by Crippen LogP contribution is -2.04. The molecule has 106 valence electrons. The Labute approximate surface area is 133 Å². The molecule has 0 fully saturated rings. The summed E-state index contributed by atoms with van der Waals surface area (Å²) in [5.41, 5.74) is -0.0121. The van der Waals surface area contributed by atoms with Crippen molar-refractivity contribution in [1.29, 1.82) is 0 Å². The third-order valence-electron chi connectivity index (χ3n) is 2.76. The molecule has 0 saturated heterocycles. The van der Waals surface area contributed by atoms with E-state index >= 15 is 0 Å². The summed E-state index contributed by atoms with van der Waals surface area (Å²) in [4.78, 5) is 23.8. The Morgan fingerprint density at radius 1 is 1.14 bits per heavy atom. The second-order valence-corrected chi connectivity index (χ2v) is 5.38. The second-order valence-electron chi connectivity index (χ2n) is 4.21. The van der Waals surface area contributed by atoms with Crippen molar-refractivity contribution in [2.24, 2.45) is 0 Å². The van der Waals surface area contributed by atoms with Gasteiger partial charge < -0.3 is 5.11 Å². The highest BCUT2D eigenvalue weighted by molar-refractivity contribution is 14.1. The summed E-state index contributed by atoms with van der Waals surface area (Å²) in [6.07, 6.45) is 2.72. The highest BCUT2D eigenvalue weighted by Gasteiger charge is 2.11. The summed E-state index contributed by atoms with van der Waals surface area (Å²) in [5, 5.41) is 9.82. The lowest BCUT2D eigenvalue weighted by Gasteiger charge is -1.96. The van der Waals surface area contributed by atoms with E-state index in [9.17, 15) is 19.1 Å². The fourth-order valence-electron chi connectivity index (χ4n) is 1.65. The van der Waals surface area contributed by atoms with E-state index in [0.717, 1.165) is 0 Å². The van der Waals surface area contributed by atoms with E-state index in [1.54, 1.807) is 22.6 Å². The fourth-order valence-corrected chi connectivity index (χ4v) is 2.12. The molecule has 0 heterocycles. The predicted molar refractivity (Wildman–Crippen MR) is 86.9 cm³/mol. The lowest BCUT2D eigenvalue weighted by atomic mass is 10.1. The van der Waals surface area contributed by atoms with Gasteiger partial charge in [-0.1, -0.05) is 24.3 Å². The van der Waals surface area contributed by atoms with Crippen LogP contribution in [0.3, 0.4) is 0 Å². The van der Waals surface area contributed by atoms with E-state index in [1.165, 1.54) is 54.6 Å². The van der Waals surface area contributed by atoms with Crippen LogP contribution in [0.1, 0.15) is 15.9 Å². The topological polar surface area (TPSA) is 54.4 Å². The monoisotopic (exact) mass is 396 g/mol. The van der Waals surface area contributed by atoms with Gasteiger partial charge in [0.25, 0.3) is 0 Å². The molecule has 0 unspecified atom stereocenters. The Bertz CT molecular complexity index is 767. The van der Waals surface area contributed by atoms with Gasteiger partial charge in [-0.2, -0.15) is 0 Å². The minimum Gasteiger partial charge on any atom is -0.504 e. The van der Waals surface area contributed by atoms with Crippen LogP contribution >= 0.6 is 22.6 Å². The van der Waals surface area contributed by atoms with Crippen LogP contribution in [0.2, 0.25) is 0 Å². The standard InChI is InChI=1S/C16H10FIO3/c17-11-7-4-10(5-8-11)6-9-14(19)12-2-1-3-13(18)16(21)15(12)20/h1-9H,(H,20,21). The number of hydrogen-bond acceptors (Lipinski definition) is 3. The summed E-state index contributed by atoms with van der Waals surface area (Å²) in [6, 6.07) is 10.0. The quantitative estimate of drug-likeness (QED) is 0.492. The van der Waals surface area contributed by atoms with Crippen molar-refractivity contribution in [3.63, 3.8) is 0 Å². The molecular weight excluding hydrogens is 386 g/mol.